The molecule has 3 nitrogen and oxygen atoms in total. The molecule has 2 aromatic carbocycles. The monoisotopic (exact) mass is 331 g/mol. The summed E-state index contributed by atoms with van der Waals surface area (Å²) in [7, 11) is 0. The first kappa shape index (κ1) is 17.5. The molecule has 1 saturated heterocycles. The van der Waals surface area contributed by atoms with Crippen LogP contribution in [-0.2, 0) is 17.8 Å². The van der Waals surface area contributed by atoms with E-state index in [1.54, 1.807) is 0 Å². The molecule has 1 fully saturated rings. The Morgan fingerprint density at radius 2 is 1.57 bits per heavy atom. The number of rotatable bonds is 5. The number of hydrogen-bond acceptors (Lipinski definition) is 2. The number of likely N-dealkylation sites (tertiary alicyclic amines) is 1. The Labute approximate surface area is 143 Å². The SMILES string of the molecule is Cl.O=C(O)C1(Cc2ccccc2)CCN(Cc2ccccc2)C1. The highest BCUT2D eigenvalue weighted by Gasteiger charge is 2.44. The molecule has 122 valence electrons. The number of hydrogen-bond donors (Lipinski definition) is 1. The maximum absolute atomic E-state index is 11.9. The minimum absolute atomic E-state index is 0. The largest absolute Gasteiger partial charge is 0.481 e. The first-order valence-electron chi connectivity index (χ1n) is 7.72. The van der Waals surface area contributed by atoms with E-state index in [-0.39, 0.29) is 12.4 Å². The molecule has 0 radical (unpaired) electrons. The normalized spacial score (nSPS) is 20.9. The topological polar surface area (TPSA) is 40.5 Å². The van der Waals surface area contributed by atoms with Crippen molar-refractivity contribution in [1.29, 1.82) is 0 Å². The molecule has 23 heavy (non-hydrogen) atoms. The van der Waals surface area contributed by atoms with Crippen LogP contribution in [0.25, 0.3) is 0 Å². The van der Waals surface area contributed by atoms with Gasteiger partial charge in [-0.05, 0) is 30.5 Å². The van der Waals surface area contributed by atoms with E-state index in [0.717, 1.165) is 18.7 Å². The predicted octanol–water partition coefficient (Wildman–Crippen LogP) is 3.63. The van der Waals surface area contributed by atoms with Crippen molar-refractivity contribution < 1.29 is 9.90 Å². The van der Waals surface area contributed by atoms with E-state index in [1.807, 2.05) is 48.5 Å². The summed E-state index contributed by atoms with van der Waals surface area (Å²) in [5.41, 5.74) is 1.69. The predicted molar refractivity (Wildman–Crippen MR) is 93.8 cm³/mol. The second kappa shape index (κ2) is 7.62. The van der Waals surface area contributed by atoms with E-state index in [0.29, 0.717) is 19.4 Å². The van der Waals surface area contributed by atoms with Crippen molar-refractivity contribution >= 4 is 18.4 Å². The van der Waals surface area contributed by atoms with Gasteiger partial charge in [0.25, 0.3) is 0 Å². The average molecular weight is 332 g/mol. The molecule has 1 unspecified atom stereocenters. The van der Waals surface area contributed by atoms with Crippen LogP contribution in [0.1, 0.15) is 17.5 Å². The van der Waals surface area contributed by atoms with Crippen molar-refractivity contribution in [2.24, 2.45) is 5.41 Å². The van der Waals surface area contributed by atoms with Gasteiger partial charge in [0.2, 0.25) is 0 Å². The highest BCUT2D eigenvalue weighted by Crippen LogP contribution is 2.35. The van der Waals surface area contributed by atoms with Gasteiger partial charge >= 0.3 is 5.97 Å². The molecule has 0 aromatic heterocycles. The van der Waals surface area contributed by atoms with Gasteiger partial charge < -0.3 is 5.11 Å². The Bertz CT molecular complexity index is 632. The number of carbonyl (C=O) groups is 1. The van der Waals surface area contributed by atoms with Crippen LogP contribution in [0.5, 0.6) is 0 Å². The quantitative estimate of drug-likeness (QED) is 0.909. The van der Waals surface area contributed by atoms with Crippen molar-refractivity contribution in [3.63, 3.8) is 0 Å². The summed E-state index contributed by atoms with van der Waals surface area (Å²) in [5.74, 6) is -0.674. The molecule has 0 bridgehead atoms. The fourth-order valence-corrected chi connectivity index (χ4v) is 3.32. The van der Waals surface area contributed by atoms with Crippen molar-refractivity contribution in [3.05, 3.63) is 71.8 Å². The maximum Gasteiger partial charge on any atom is 0.311 e. The van der Waals surface area contributed by atoms with Crippen molar-refractivity contribution in [2.45, 2.75) is 19.4 Å². The average Bonchev–Trinajstić information content (AvgIpc) is 2.93. The molecule has 3 rings (SSSR count). The van der Waals surface area contributed by atoms with E-state index in [4.69, 9.17) is 0 Å². The number of aliphatic carboxylic acids is 1. The second-order valence-electron chi connectivity index (χ2n) is 6.19. The maximum atomic E-state index is 11.9. The molecular weight excluding hydrogens is 310 g/mol. The van der Waals surface area contributed by atoms with Crippen LogP contribution in [-0.4, -0.2) is 29.1 Å². The summed E-state index contributed by atoms with van der Waals surface area (Å²) < 4.78 is 0. The molecule has 1 aliphatic heterocycles. The molecule has 4 heteroatoms. The van der Waals surface area contributed by atoms with Crippen molar-refractivity contribution in [3.8, 4) is 0 Å². The molecule has 1 aliphatic rings. The summed E-state index contributed by atoms with van der Waals surface area (Å²) in [6.07, 6.45) is 1.32. The molecular formula is C19H22ClNO2. The van der Waals surface area contributed by atoms with E-state index >= 15 is 0 Å². The van der Waals surface area contributed by atoms with Gasteiger partial charge in [0.1, 0.15) is 0 Å². The van der Waals surface area contributed by atoms with Crippen LogP contribution in [0.15, 0.2) is 60.7 Å². The van der Waals surface area contributed by atoms with Gasteiger partial charge in [-0.15, -0.1) is 12.4 Å². The number of benzene rings is 2. The van der Waals surface area contributed by atoms with Gasteiger partial charge in [0.05, 0.1) is 5.41 Å². The third-order valence-electron chi connectivity index (χ3n) is 4.52. The Morgan fingerprint density at radius 3 is 2.13 bits per heavy atom. The van der Waals surface area contributed by atoms with Crippen LogP contribution >= 0.6 is 12.4 Å². The van der Waals surface area contributed by atoms with Gasteiger partial charge in [-0.3, -0.25) is 9.69 Å². The van der Waals surface area contributed by atoms with Crippen LogP contribution in [0.3, 0.4) is 0 Å². The Morgan fingerprint density at radius 1 is 1.00 bits per heavy atom. The first-order chi connectivity index (χ1) is 10.7. The molecule has 0 amide bonds. The van der Waals surface area contributed by atoms with Crippen LogP contribution in [0.4, 0.5) is 0 Å². The third kappa shape index (κ3) is 4.12. The molecule has 1 N–H and O–H groups in total. The van der Waals surface area contributed by atoms with Gasteiger partial charge in [-0.25, -0.2) is 0 Å². The fourth-order valence-electron chi connectivity index (χ4n) is 3.32. The molecule has 0 spiro atoms. The third-order valence-corrected chi connectivity index (χ3v) is 4.52. The summed E-state index contributed by atoms with van der Waals surface area (Å²) >= 11 is 0. The number of nitrogens with zero attached hydrogens (tertiary/aromatic N) is 1. The van der Waals surface area contributed by atoms with E-state index in [2.05, 4.69) is 17.0 Å². The minimum atomic E-state index is -0.674. The Balaban J connectivity index is 0.00000192. The lowest BCUT2D eigenvalue weighted by Gasteiger charge is -2.25. The highest BCUT2D eigenvalue weighted by atomic mass is 35.5. The number of halogens is 1. The second-order valence-corrected chi connectivity index (χ2v) is 6.19. The van der Waals surface area contributed by atoms with Crippen molar-refractivity contribution in [2.75, 3.05) is 13.1 Å². The lowest BCUT2D eigenvalue weighted by Crippen LogP contribution is -2.36. The zero-order valence-electron chi connectivity index (χ0n) is 13.0. The zero-order chi connectivity index (χ0) is 15.4. The summed E-state index contributed by atoms with van der Waals surface area (Å²) in [5, 5.41) is 9.78. The van der Waals surface area contributed by atoms with Crippen LogP contribution in [0, 0.1) is 5.41 Å². The Hall–Kier alpha value is -1.84. The zero-order valence-corrected chi connectivity index (χ0v) is 13.8. The van der Waals surface area contributed by atoms with Crippen molar-refractivity contribution in [1.82, 2.24) is 4.90 Å². The van der Waals surface area contributed by atoms with E-state index in [9.17, 15) is 9.90 Å². The van der Waals surface area contributed by atoms with E-state index < -0.39 is 11.4 Å². The minimum Gasteiger partial charge on any atom is -0.481 e. The number of carboxylic acid groups (broad SMARTS) is 1. The van der Waals surface area contributed by atoms with Gasteiger partial charge in [-0.2, -0.15) is 0 Å². The molecule has 0 aliphatic carbocycles. The molecule has 1 atom stereocenters. The highest BCUT2D eigenvalue weighted by molar-refractivity contribution is 5.85. The fraction of sp³-hybridized carbons (Fsp3) is 0.316. The summed E-state index contributed by atoms with van der Waals surface area (Å²) in [6.45, 7) is 2.28. The Kier molecular flexibility index (Phi) is 5.80. The summed E-state index contributed by atoms with van der Waals surface area (Å²) in [4.78, 5) is 14.2. The van der Waals surface area contributed by atoms with Gasteiger partial charge in [-0.1, -0.05) is 60.7 Å². The molecule has 2 aromatic rings. The standard InChI is InChI=1S/C19H21NO2.ClH/c21-18(22)19(13-16-7-3-1-4-8-16)11-12-20(15-19)14-17-9-5-2-6-10-17;/h1-10H,11-15H2,(H,21,22);1H. The molecule has 0 saturated carbocycles. The first-order valence-corrected chi connectivity index (χ1v) is 7.72. The van der Waals surface area contributed by atoms with Gasteiger partial charge in [0, 0.05) is 13.1 Å². The lowest BCUT2D eigenvalue weighted by molar-refractivity contribution is -0.148. The smallest absolute Gasteiger partial charge is 0.311 e. The van der Waals surface area contributed by atoms with Gasteiger partial charge in [0.15, 0.2) is 0 Å². The van der Waals surface area contributed by atoms with Crippen LogP contribution < -0.4 is 0 Å². The van der Waals surface area contributed by atoms with E-state index in [1.165, 1.54) is 5.56 Å². The summed E-state index contributed by atoms with van der Waals surface area (Å²) in [6, 6.07) is 20.2. The lowest BCUT2D eigenvalue weighted by atomic mass is 9.81. The van der Waals surface area contributed by atoms with Crippen LogP contribution in [0.2, 0.25) is 0 Å². The number of carboxylic acids is 1. The molecule has 1 heterocycles.